The lowest BCUT2D eigenvalue weighted by molar-refractivity contribution is -0.147. The third-order valence-electron chi connectivity index (χ3n) is 8.99. The van der Waals surface area contributed by atoms with Gasteiger partial charge in [0.15, 0.2) is 0 Å². The van der Waals surface area contributed by atoms with E-state index >= 15 is 0 Å². The first-order valence-corrected chi connectivity index (χ1v) is 12.2. The summed E-state index contributed by atoms with van der Waals surface area (Å²) in [6.07, 6.45) is 8.81. The highest BCUT2D eigenvalue weighted by atomic mass is 16.6. The predicted molar refractivity (Wildman–Crippen MR) is 122 cm³/mol. The lowest BCUT2D eigenvalue weighted by Gasteiger charge is -2.51. The number of methoxy groups -OCH3 is 1. The maximum Gasteiger partial charge on any atom is 0.310 e. The second-order valence-corrected chi connectivity index (χ2v) is 10.8. The highest BCUT2D eigenvalue weighted by Gasteiger charge is 2.64. The molecule has 6 heteroatoms. The maximum absolute atomic E-state index is 12.8. The number of benzene rings is 1. The van der Waals surface area contributed by atoms with Gasteiger partial charge in [0.25, 0.3) is 0 Å². The number of aromatic nitrogens is 1. The predicted octanol–water partition coefficient (Wildman–Crippen LogP) is 3.84. The van der Waals surface area contributed by atoms with E-state index in [4.69, 9.17) is 14.2 Å². The molecule has 1 spiro atoms. The van der Waals surface area contributed by atoms with Gasteiger partial charge in [-0.25, -0.2) is 0 Å². The van der Waals surface area contributed by atoms with Crippen LogP contribution in [-0.2, 0) is 20.7 Å². The van der Waals surface area contributed by atoms with Gasteiger partial charge in [-0.15, -0.1) is 0 Å². The smallest absolute Gasteiger partial charge is 0.310 e. The van der Waals surface area contributed by atoms with Crippen LogP contribution in [0.25, 0.3) is 10.9 Å². The summed E-state index contributed by atoms with van der Waals surface area (Å²) in [4.78, 5) is 16.1. The van der Waals surface area contributed by atoms with Crippen molar-refractivity contribution >= 4 is 16.9 Å². The fraction of sp³-hybridized carbons (Fsp3) is 0.654. The maximum atomic E-state index is 12.8. The molecular weight excluding hydrogens is 404 g/mol. The third-order valence-corrected chi connectivity index (χ3v) is 8.99. The average molecular weight is 439 g/mol. The number of nitrogens with one attached hydrogen (secondary N) is 2. The fourth-order valence-electron chi connectivity index (χ4n) is 7.16. The van der Waals surface area contributed by atoms with Gasteiger partial charge in [0, 0.05) is 29.6 Å². The normalized spacial score (nSPS) is 37.9. The number of esters is 1. The van der Waals surface area contributed by atoms with Gasteiger partial charge >= 0.3 is 5.97 Å². The molecule has 6 atom stereocenters. The Hall–Kier alpha value is -2.05. The Morgan fingerprint density at radius 1 is 1.31 bits per heavy atom. The second-order valence-electron chi connectivity index (χ2n) is 10.8. The van der Waals surface area contributed by atoms with Gasteiger partial charge in [-0.05, 0) is 80.2 Å². The summed E-state index contributed by atoms with van der Waals surface area (Å²) in [6.45, 7) is 4.85. The summed E-state index contributed by atoms with van der Waals surface area (Å²) in [7, 11) is 1.70. The van der Waals surface area contributed by atoms with E-state index in [0.29, 0.717) is 18.4 Å². The quantitative estimate of drug-likeness (QED) is 0.407. The largest absolute Gasteiger partial charge is 0.497 e. The van der Waals surface area contributed by atoms with Crippen molar-refractivity contribution in [1.82, 2.24) is 10.3 Å². The molecule has 0 unspecified atom stereocenters. The number of carbonyl (C=O) groups is 1. The summed E-state index contributed by atoms with van der Waals surface area (Å²) < 4.78 is 17.3. The Bertz CT molecular complexity index is 1030. The van der Waals surface area contributed by atoms with Gasteiger partial charge < -0.3 is 24.5 Å². The Labute approximate surface area is 189 Å². The summed E-state index contributed by atoms with van der Waals surface area (Å²) in [5.74, 6) is 1.73. The van der Waals surface area contributed by atoms with Gasteiger partial charge in [-0.3, -0.25) is 4.79 Å². The Morgan fingerprint density at radius 3 is 3.00 bits per heavy atom. The molecule has 0 radical (unpaired) electrons. The molecule has 2 saturated carbocycles. The first kappa shape index (κ1) is 20.5. The molecule has 172 valence electrons. The molecule has 2 aromatic rings. The van der Waals surface area contributed by atoms with E-state index in [9.17, 15) is 4.79 Å². The van der Waals surface area contributed by atoms with Crippen molar-refractivity contribution in [3.05, 3.63) is 30.0 Å². The molecule has 6 rings (SSSR count). The van der Waals surface area contributed by atoms with Crippen molar-refractivity contribution in [3.63, 3.8) is 0 Å². The Morgan fingerprint density at radius 2 is 2.19 bits per heavy atom. The standard InChI is InChI=1S/C26H34N2O4/c1-25-7-3-8-26(15-31-26)23(25)11-19-20(24(29)32-22(19)12-25)14-27-9-6-16-13-28-21-5-4-17(30-2)10-18(16)21/h4-5,10,13,19-20,22-23,27-28H,3,6-9,11-12,14-15H2,1-2H3/t19-,20+,22-,23-,25-,26+/m1/s1. The van der Waals surface area contributed by atoms with Gasteiger partial charge in [-0.1, -0.05) is 6.92 Å². The van der Waals surface area contributed by atoms with Crippen molar-refractivity contribution in [2.45, 2.75) is 57.2 Å². The van der Waals surface area contributed by atoms with Crippen molar-refractivity contribution in [2.75, 3.05) is 26.8 Å². The van der Waals surface area contributed by atoms with Crippen LogP contribution in [0.2, 0.25) is 0 Å². The number of ether oxygens (including phenoxy) is 3. The lowest BCUT2D eigenvalue weighted by atomic mass is 9.53. The highest BCUT2D eigenvalue weighted by molar-refractivity contribution is 5.84. The van der Waals surface area contributed by atoms with E-state index in [1.807, 2.05) is 6.07 Å². The zero-order chi connectivity index (χ0) is 21.9. The number of aromatic amines is 1. The molecule has 32 heavy (non-hydrogen) atoms. The van der Waals surface area contributed by atoms with Crippen LogP contribution in [0.4, 0.5) is 0 Å². The first-order chi connectivity index (χ1) is 15.5. The molecule has 2 saturated heterocycles. The second kappa shape index (κ2) is 7.49. The van der Waals surface area contributed by atoms with Crippen LogP contribution in [0.3, 0.4) is 0 Å². The van der Waals surface area contributed by atoms with Crippen LogP contribution in [0.1, 0.15) is 44.6 Å². The van der Waals surface area contributed by atoms with Gasteiger partial charge in [-0.2, -0.15) is 0 Å². The minimum Gasteiger partial charge on any atom is -0.497 e. The molecule has 2 aliphatic heterocycles. The van der Waals surface area contributed by atoms with Crippen LogP contribution in [0.15, 0.2) is 24.4 Å². The number of rotatable bonds is 6. The molecule has 4 fully saturated rings. The van der Waals surface area contributed by atoms with Crippen LogP contribution in [-0.4, -0.2) is 49.5 Å². The molecule has 2 N–H and O–H groups in total. The highest BCUT2D eigenvalue weighted by Crippen LogP contribution is 2.62. The number of hydrogen-bond acceptors (Lipinski definition) is 5. The molecule has 0 amide bonds. The van der Waals surface area contributed by atoms with Gasteiger partial charge in [0.2, 0.25) is 0 Å². The Balaban J connectivity index is 1.09. The summed E-state index contributed by atoms with van der Waals surface area (Å²) in [5, 5.41) is 4.76. The van der Waals surface area contributed by atoms with Crippen molar-refractivity contribution < 1.29 is 19.0 Å². The lowest BCUT2D eigenvalue weighted by Crippen LogP contribution is -2.51. The van der Waals surface area contributed by atoms with Gasteiger partial charge in [0.1, 0.15) is 11.9 Å². The number of hydrogen-bond donors (Lipinski definition) is 2. The zero-order valence-corrected chi connectivity index (χ0v) is 19.1. The van der Waals surface area contributed by atoms with E-state index in [-0.39, 0.29) is 29.0 Å². The Kier molecular flexibility index (Phi) is 4.81. The van der Waals surface area contributed by atoms with Gasteiger partial charge in [0.05, 0.1) is 25.2 Å². The van der Waals surface area contributed by atoms with Crippen LogP contribution in [0.5, 0.6) is 5.75 Å². The first-order valence-electron chi connectivity index (χ1n) is 12.2. The number of carbonyl (C=O) groups excluding carboxylic acids is 1. The monoisotopic (exact) mass is 438 g/mol. The summed E-state index contributed by atoms with van der Waals surface area (Å²) in [6, 6.07) is 6.11. The molecule has 1 aromatic heterocycles. The molecule has 1 aromatic carbocycles. The number of fused-ring (bicyclic) bond motifs is 4. The molecular formula is C26H34N2O4. The topological polar surface area (TPSA) is 75.9 Å². The zero-order valence-electron chi connectivity index (χ0n) is 19.1. The van der Waals surface area contributed by atoms with Crippen LogP contribution in [0, 0.1) is 23.2 Å². The number of epoxide rings is 1. The fourth-order valence-corrected chi connectivity index (χ4v) is 7.16. The van der Waals surface area contributed by atoms with Crippen LogP contribution < -0.4 is 10.1 Å². The SMILES string of the molecule is COc1ccc2[nH]cc(CCNC[C@@H]3C(=O)O[C@@H]4C[C@@]5(C)CCC[C@]6(CO6)[C@@H]5C[C@H]34)c2c1. The van der Waals surface area contributed by atoms with E-state index in [0.717, 1.165) is 43.7 Å². The molecule has 2 aliphatic carbocycles. The summed E-state index contributed by atoms with van der Waals surface area (Å²) >= 11 is 0. The van der Waals surface area contributed by atoms with Crippen molar-refractivity contribution in [1.29, 1.82) is 0 Å². The third kappa shape index (κ3) is 3.26. The van der Waals surface area contributed by atoms with E-state index < -0.39 is 0 Å². The average Bonchev–Trinajstić information content (AvgIpc) is 3.33. The minimum absolute atomic E-state index is 0.00246. The molecule has 0 bridgehead atoms. The van der Waals surface area contributed by atoms with Crippen LogP contribution >= 0.6 is 0 Å². The molecule has 6 nitrogen and oxygen atoms in total. The summed E-state index contributed by atoms with van der Waals surface area (Å²) in [5.41, 5.74) is 2.76. The van der Waals surface area contributed by atoms with E-state index in [1.165, 1.54) is 30.2 Å². The van der Waals surface area contributed by atoms with Crippen molar-refractivity contribution in [2.24, 2.45) is 23.2 Å². The number of H-pyrrole nitrogens is 1. The molecule has 3 heterocycles. The van der Waals surface area contributed by atoms with E-state index in [2.05, 4.69) is 35.6 Å². The van der Waals surface area contributed by atoms with E-state index in [1.54, 1.807) is 7.11 Å². The molecule has 4 aliphatic rings. The minimum atomic E-state index is -0.0367. The van der Waals surface area contributed by atoms with Crippen molar-refractivity contribution in [3.8, 4) is 5.75 Å².